The Bertz CT molecular complexity index is 620. The van der Waals surface area contributed by atoms with Crippen molar-refractivity contribution in [3.05, 3.63) is 29.8 Å². The minimum atomic E-state index is 0.0395. The van der Waals surface area contributed by atoms with Crippen LogP contribution in [0.3, 0.4) is 0 Å². The van der Waals surface area contributed by atoms with E-state index in [2.05, 4.69) is 46.3 Å². The van der Waals surface area contributed by atoms with E-state index in [1.54, 1.807) is 0 Å². The number of anilines is 1. The molecule has 3 rings (SSSR count). The van der Waals surface area contributed by atoms with Gasteiger partial charge in [0.1, 0.15) is 6.61 Å². The highest BCUT2D eigenvalue weighted by atomic mass is 16.5. The molecule has 0 aromatic heterocycles. The molecule has 0 unspecified atom stereocenters. The summed E-state index contributed by atoms with van der Waals surface area (Å²) in [5.41, 5.74) is 2.81. The molecular weight excluding hydrogens is 362 g/mol. The second-order valence-corrected chi connectivity index (χ2v) is 8.56. The molecule has 5 nitrogen and oxygen atoms in total. The predicted molar refractivity (Wildman–Crippen MR) is 119 cm³/mol. The van der Waals surface area contributed by atoms with E-state index in [4.69, 9.17) is 4.74 Å². The van der Waals surface area contributed by atoms with Gasteiger partial charge in [0.25, 0.3) is 0 Å². The summed E-state index contributed by atoms with van der Waals surface area (Å²) in [7, 11) is 0. The van der Waals surface area contributed by atoms with Gasteiger partial charge in [-0.15, -0.1) is 0 Å². The number of aryl methyl sites for hydroxylation is 1. The number of hydrogen-bond donors (Lipinski definition) is 1. The molecule has 1 saturated carbocycles. The van der Waals surface area contributed by atoms with Crippen LogP contribution in [-0.4, -0.2) is 62.8 Å². The fourth-order valence-electron chi connectivity index (χ4n) is 4.63. The van der Waals surface area contributed by atoms with Crippen molar-refractivity contribution in [2.75, 3.05) is 50.8 Å². The minimum absolute atomic E-state index is 0.0395. The molecule has 0 radical (unpaired) electrons. The van der Waals surface area contributed by atoms with Gasteiger partial charge in [-0.05, 0) is 75.6 Å². The first-order chi connectivity index (χ1) is 14.2. The van der Waals surface area contributed by atoms with Gasteiger partial charge in [-0.2, -0.15) is 0 Å². The first-order valence-corrected chi connectivity index (χ1v) is 11.6. The predicted octanol–water partition coefficient (Wildman–Crippen LogP) is 3.47. The van der Waals surface area contributed by atoms with Crippen LogP contribution in [0.5, 0.6) is 0 Å². The van der Waals surface area contributed by atoms with Gasteiger partial charge in [-0.25, -0.2) is 0 Å². The monoisotopic (exact) mass is 401 g/mol. The molecule has 1 aromatic rings. The van der Waals surface area contributed by atoms with Gasteiger partial charge in [-0.3, -0.25) is 9.69 Å². The Balaban J connectivity index is 1.31. The summed E-state index contributed by atoms with van der Waals surface area (Å²) >= 11 is 0. The Morgan fingerprint density at radius 3 is 2.55 bits per heavy atom. The number of benzene rings is 1. The molecule has 1 aliphatic heterocycles. The molecule has 1 saturated heterocycles. The molecule has 2 aliphatic rings. The second kappa shape index (κ2) is 11.6. The van der Waals surface area contributed by atoms with E-state index < -0.39 is 0 Å². The number of nitrogens with one attached hydrogen (secondary N) is 1. The standard InChI is InChI=1S/C24H39N3O2/c1-3-20-6-5-7-23(18-20)27-16-14-26(15-17-27)13-12-21-8-10-22(11-9-21)25-24(28)19-29-4-2/h5-7,18,21-22H,3-4,8-17,19H2,1-2H3,(H,25,28)/t21-,22-. The van der Waals surface area contributed by atoms with Crippen LogP contribution in [0.15, 0.2) is 24.3 Å². The van der Waals surface area contributed by atoms with Crippen molar-refractivity contribution < 1.29 is 9.53 Å². The lowest BCUT2D eigenvalue weighted by molar-refractivity contribution is -0.126. The van der Waals surface area contributed by atoms with Crippen LogP contribution in [0.4, 0.5) is 5.69 Å². The lowest BCUT2D eigenvalue weighted by Crippen LogP contribution is -2.47. The molecule has 1 aliphatic carbocycles. The molecular formula is C24H39N3O2. The molecule has 162 valence electrons. The first kappa shape index (κ1) is 22.1. The molecule has 0 spiro atoms. The fourth-order valence-corrected chi connectivity index (χ4v) is 4.63. The van der Waals surface area contributed by atoms with Crippen molar-refractivity contribution in [2.45, 2.75) is 58.4 Å². The van der Waals surface area contributed by atoms with Crippen molar-refractivity contribution in [1.29, 1.82) is 0 Å². The average Bonchev–Trinajstić information content (AvgIpc) is 2.77. The topological polar surface area (TPSA) is 44.8 Å². The summed E-state index contributed by atoms with van der Waals surface area (Å²) < 4.78 is 5.19. The molecule has 1 heterocycles. The van der Waals surface area contributed by atoms with Crippen molar-refractivity contribution >= 4 is 11.6 Å². The maximum Gasteiger partial charge on any atom is 0.246 e. The van der Waals surface area contributed by atoms with Gasteiger partial charge in [0.15, 0.2) is 0 Å². The highest BCUT2D eigenvalue weighted by Gasteiger charge is 2.24. The van der Waals surface area contributed by atoms with Crippen LogP contribution in [0.2, 0.25) is 0 Å². The zero-order chi connectivity index (χ0) is 20.5. The molecule has 0 atom stereocenters. The van der Waals surface area contributed by atoms with Crippen molar-refractivity contribution in [3.63, 3.8) is 0 Å². The van der Waals surface area contributed by atoms with E-state index in [9.17, 15) is 4.79 Å². The largest absolute Gasteiger partial charge is 0.372 e. The summed E-state index contributed by atoms with van der Waals surface area (Å²) in [5, 5.41) is 3.13. The van der Waals surface area contributed by atoms with Gasteiger partial charge in [0.05, 0.1) is 0 Å². The fraction of sp³-hybridized carbons (Fsp3) is 0.708. The van der Waals surface area contributed by atoms with Crippen LogP contribution in [0.1, 0.15) is 51.5 Å². The first-order valence-electron chi connectivity index (χ1n) is 11.6. The number of piperazine rings is 1. The Morgan fingerprint density at radius 2 is 1.86 bits per heavy atom. The summed E-state index contributed by atoms with van der Waals surface area (Å²) in [6, 6.07) is 9.36. The third kappa shape index (κ3) is 7.00. The van der Waals surface area contributed by atoms with Crippen molar-refractivity contribution in [1.82, 2.24) is 10.2 Å². The third-order valence-corrected chi connectivity index (χ3v) is 6.56. The van der Waals surface area contributed by atoms with Gasteiger partial charge in [0, 0.05) is 44.5 Å². The molecule has 1 amide bonds. The summed E-state index contributed by atoms with van der Waals surface area (Å²) in [4.78, 5) is 17.0. The summed E-state index contributed by atoms with van der Waals surface area (Å²) in [6.07, 6.45) is 7.11. The SMILES string of the molecule is CCOCC(=O)N[C@H]1CC[C@H](CCN2CCN(c3cccc(CC)c3)CC2)CC1. The highest BCUT2D eigenvalue weighted by Crippen LogP contribution is 2.27. The number of carbonyl (C=O) groups is 1. The third-order valence-electron chi connectivity index (χ3n) is 6.56. The molecule has 1 N–H and O–H groups in total. The number of carbonyl (C=O) groups excluding carboxylic acids is 1. The zero-order valence-electron chi connectivity index (χ0n) is 18.4. The maximum absolute atomic E-state index is 11.8. The van der Waals surface area contributed by atoms with Gasteiger partial charge >= 0.3 is 0 Å². The lowest BCUT2D eigenvalue weighted by Gasteiger charge is -2.37. The number of hydrogen-bond acceptors (Lipinski definition) is 4. The smallest absolute Gasteiger partial charge is 0.246 e. The van der Waals surface area contributed by atoms with Crippen LogP contribution in [0, 0.1) is 5.92 Å². The van der Waals surface area contributed by atoms with Crippen LogP contribution >= 0.6 is 0 Å². The number of ether oxygens (including phenoxy) is 1. The van der Waals surface area contributed by atoms with E-state index in [0.717, 1.165) is 38.3 Å². The van der Waals surface area contributed by atoms with E-state index in [-0.39, 0.29) is 12.5 Å². The second-order valence-electron chi connectivity index (χ2n) is 8.56. The van der Waals surface area contributed by atoms with Gasteiger partial charge in [0.2, 0.25) is 5.91 Å². The Morgan fingerprint density at radius 1 is 1.10 bits per heavy atom. The van der Waals surface area contributed by atoms with Crippen LogP contribution < -0.4 is 10.2 Å². The van der Waals surface area contributed by atoms with Gasteiger partial charge < -0.3 is 15.0 Å². The van der Waals surface area contributed by atoms with E-state index >= 15 is 0 Å². The van der Waals surface area contributed by atoms with Crippen molar-refractivity contribution in [2.24, 2.45) is 5.92 Å². The minimum Gasteiger partial charge on any atom is -0.372 e. The molecule has 29 heavy (non-hydrogen) atoms. The average molecular weight is 402 g/mol. The molecule has 0 bridgehead atoms. The quantitative estimate of drug-likeness (QED) is 0.688. The van der Waals surface area contributed by atoms with E-state index in [1.165, 1.54) is 50.1 Å². The summed E-state index contributed by atoms with van der Waals surface area (Å²) in [6.45, 7) is 10.7. The van der Waals surface area contributed by atoms with E-state index in [0.29, 0.717) is 12.6 Å². The molecule has 2 fully saturated rings. The van der Waals surface area contributed by atoms with Gasteiger partial charge in [-0.1, -0.05) is 19.1 Å². The van der Waals surface area contributed by atoms with E-state index in [1.807, 2.05) is 6.92 Å². The highest BCUT2D eigenvalue weighted by molar-refractivity contribution is 5.77. The Hall–Kier alpha value is -1.59. The summed E-state index contributed by atoms with van der Waals surface area (Å²) in [5.74, 6) is 0.854. The lowest BCUT2D eigenvalue weighted by atomic mass is 9.84. The molecule has 5 heteroatoms. The number of rotatable bonds is 9. The van der Waals surface area contributed by atoms with Crippen LogP contribution in [0.25, 0.3) is 0 Å². The van der Waals surface area contributed by atoms with Crippen molar-refractivity contribution in [3.8, 4) is 0 Å². The Kier molecular flexibility index (Phi) is 8.81. The number of amides is 1. The zero-order valence-corrected chi connectivity index (χ0v) is 18.4. The maximum atomic E-state index is 11.8. The normalized spacial score (nSPS) is 23.2. The molecule has 1 aromatic carbocycles. The Labute approximate surface area is 176 Å². The number of nitrogens with zero attached hydrogens (tertiary/aromatic N) is 2. The van der Waals surface area contributed by atoms with Crippen LogP contribution in [-0.2, 0) is 16.0 Å².